The molecule has 2 rings (SSSR count). The van der Waals surface area contributed by atoms with Gasteiger partial charge in [0.25, 0.3) is 0 Å². The normalized spacial score (nSPS) is 44.8. The molecule has 0 aromatic rings. The number of esters is 1. The maximum absolute atomic E-state index is 11.2. The molecule has 0 bridgehead atoms. The van der Waals surface area contributed by atoms with E-state index >= 15 is 0 Å². The zero-order valence-electron chi connectivity index (χ0n) is 7.32. The van der Waals surface area contributed by atoms with E-state index in [0.717, 1.165) is 18.8 Å². The van der Waals surface area contributed by atoms with Gasteiger partial charge in [0.05, 0.1) is 13.0 Å². The second kappa shape index (κ2) is 2.73. The first-order valence-electron chi connectivity index (χ1n) is 4.57. The predicted molar refractivity (Wildman–Crippen MR) is 44.3 cm³/mol. The Morgan fingerprint density at radius 3 is 2.92 bits per heavy atom. The van der Waals surface area contributed by atoms with Gasteiger partial charge in [-0.25, -0.2) is 0 Å². The zero-order chi connectivity index (χ0) is 8.72. The van der Waals surface area contributed by atoms with Crippen molar-refractivity contribution in [3.63, 3.8) is 0 Å². The summed E-state index contributed by atoms with van der Waals surface area (Å²) in [6.45, 7) is 0. The number of methoxy groups -OCH3 is 1. The number of nitrogens with two attached hydrogens (primary N) is 1. The second-order valence-electron chi connectivity index (χ2n) is 3.94. The molecule has 2 aliphatic rings. The summed E-state index contributed by atoms with van der Waals surface area (Å²) in [7, 11) is 1.44. The van der Waals surface area contributed by atoms with E-state index in [2.05, 4.69) is 0 Å². The standard InChI is InChI=1S/C9H15NO2/c1-12-9(11)6-3-2-5-4-7(5)8(6)10/h5-8H,2-4,10H2,1H3/t5-,6+,7+,8-/m1/s1. The molecule has 2 N–H and O–H groups in total. The van der Waals surface area contributed by atoms with Crippen molar-refractivity contribution in [2.45, 2.75) is 25.3 Å². The average Bonchev–Trinajstić information content (AvgIpc) is 2.83. The lowest BCUT2D eigenvalue weighted by atomic mass is 9.85. The van der Waals surface area contributed by atoms with Crippen LogP contribution in [-0.2, 0) is 9.53 Å². The van der Waals surface area contributed by atoms with Crippen molar-refractivity contribution in [2.24, 2.45) is 23.5 Å². The van der Waals surface area contributed by atoms with Gasteiger partial charge in [-0.3, -0.25) is 4.79 Å². The quantitative estimate of drug-likeness (QED) is 0.583. The third kappa shape index (κ3) is 1.12. The van der Waals surface area contributed by atoms with Crippen LogP contribution in [0.3, 0.4) is 0 Å². The number of hydrogen-bond acceptors (Lipinski definition) is 3. The highest BCUT2D eigenvalue weighted by atomic mass is 16.5. The third-order valence-corrected chi connectivity index (χ3v) is 3.29. The van der Waals surface area contributed by atoms with E-state index in [1.54, 1.807) is 0 Å². The average molecular weight is 169 g/mol. The molecule has 12 heavy (non-hydrogen) atoms. The number of ether oxygens (including phenoxy) is 1. The van der Waals surface area contributed by atoms with Crippen LogP contribution in [0.15, 0.2) is 0 Å². The van der Waals surface area contributed by atoms with E-state index in [4.69, 9.17) is 10.5 Å². The van der Waals surface area contributed by atoms with Gasteiger partial charge < -0.3 is 10.5 Å². The maximum Gasteiger partial charge on any atom is 0.310 e. The maximum atomic E-state index is 11.2. The van der Waals surface area contributed by atoms with Crippen LogP contribution < -0.4 is 5.73 Å². The molecule has 3 heteroatoms. The molecule has 0 unspecified atom stereocenters. The largest absolute Gasteiger partial charge is 0.469 e. The Morgan fingerprint density at radius 2 is 2.25 bits per heavy atom. The molecule has 68 valence electrons. The van der Waals surface area contributed by atoms with Crippen LogP contribution in [0.25, 0.3) is 0 Å². The van der Waals surface area contributed by atoms with Crippen molar-refractivity contribution in [1.29, 1.82) is 0 Å². The van der Waals surface area contributed by atoms with Gasteiger partial charge in [0.1, 0.15) is 0 Å². The third-order valence-electron chi connectivity index (χ3n) is 3.29. The van der Waals surface area contributed by atoms with E-state index in [1.807, 2.05) is 0 Å². The molecule has 0 heterocycles. The minimum atomic E-state index is -0.118. The van der Waals surface area contributed by atoms with Crippen molar-refractivity contribution in [3.05, 3.63) is 0 Å². The minimum Gasteiger partial charge on any atom is -0.469 e. The topological polar surface area (TPSA) is 52.3 Å². The van der Waals surface area contributed by atoms with Gasteiger partial charge in [0.15, 0.2) is 0 Å². The Bertz CT molecular complexity index is 205. The summed E-state index contributed by atoms with van der Waals surface area (Å²) in [5.41, 5.74) is 5.94. The van der Waals surface area contributed by atoms with Crippen LogP contribution in [0, 0.1) is 17.8 Å². The molecular weight excluding hydrogens is 154 g/mol. The highest BCUT2D eigenvalue weighted by Crippen LogP contribution is 2.50. The molecule has 0 amide bonds. The Labute approximate surface area is 72.3 Å². The summed E-state index contributed by atoms with van der Waals surface area (Å²) in [6.07, 6.45) is 3.32. The van der Waals surface area contributed by atoms with Crippen LogP contribution in [0.2, 0.25) is 0 Å². The second-order valence-corrected chi connectivity index (χ2v) is 3.94. The first kappa shape index (κ1) is 8.05. The Morgan fingerprint density at radius 1 is 1.50 bits per heavy atom. The van der Waals surface area contributed by atoms with E-state index in [1.165, 1.54) is 13.5 Å². The number of carbonyl (C=O) groups is 1. The van der Waals surface area contributed by atoms with Crippen LogP contribution in [-0.4, -0.2) is 19.1 Å². The molecule has 0 radical (unpaired) electrons. The molecule has 2 saturated carbocycles. The van der Waals surface area contributed by atoms with E-state index < -0.39 is 0 Å². The minimum absolute atomic E-state index is 0.0289. The first-order valence-corrected chi connectivity index (χ1v) is 4.57. The van der Waals surface area contributed by atoms with E-state index in [9.17, 15) is 4.79 Å². The Kier molecular flexibility index (Phi) is 1.83. The number of hydrogen-bond donors (Lipinski definition) is 1. The molecule has 2 fully saturated rings. The lowest BCUT2D eigenvalue weighted by Crippen LogP contribution is -2.40. The summed E-state index contributed by atoms with van der Waals surface area (Å²) in [4.78, 5) is 11.2. The highest BCUT2D eigenvalue weighted by molar-refractivity contribution is 5.73. The Hall–Kier alpha value is -0.570. The van der Waals surface area contributed by atoms with Gasteiger partial charge in [0.2, 0.25) is 0 Å². The van der Waals surface area contributed by atoms with Crippen molar-refractivity contribution >= 4 is 5.97 Å². The van der Waals surface area contributed by atoms with Gasteiger partial charge in [-0.2, -0.15) is 0 Å². The van der Waals surface area contributed by atoms with Crippen molar-refractivity contribution in [3.8, 4) is 0 Å². The van der Waals surface area contributed by atoms with Crippen molar-refractivity contribution in [2.75, 3.05) is 7.11 Å². The van der Waals surface area contributed by atoms with Crippen molar-refractivity contribution < 1.29 is 9.53 Å². The Balaban J connectivity index is 2.01. The van der Waals surface area contributed by atoms with Gasteiger partial charge in [-0.15, -0.1) is 0 Å². The fourth-order valence-corrected chi connectivity index (χ4v) is 2.39. The summed E-state index contributed by atoms with van der Waals surface area (Å²) in [5, 5.41) is 0. The van der Waals surface area contributed by atoms with Gasteiger partial charge >= 0.3 is 5.97 Å². The lowest BCUT2D eigenvalue weighted by molar-refractivity contribution is -0.147. The summed E-state index contributed by atoms with van der Waals surface area (Å²) >= 11 is 0. The first-order chi connectivity index (χ1) is 5.74. The molecule has 0 saturated heterocycles. The zero-order valence-corrected chi connectivity index (χ0v) is 7.32. The number of carbonyl (C=O) groups excluding carboxylic acids is 1. The van der Waals surface area contributed by atoms with Crippen LogP contribution >= 0.6 is 0 Å². The summed E-state index contributed by atoms with van der Waals surface area (Å²) in [6, 6.07) is 0.0659. The molecule has 0 spiro atoms. The van der Waals surface area contributed by atoms with Gasteiger partial charge in [0, 0.05) is 6.04 Å². The van der Waals surface area contributed by atoms with Crippen LogP contribution in [0.5, 0.6) is 0 Å². The highest BCUT2D eigenvalue weighted by Gasteiger charge is 2.49. The summed E-state index contributed by atoms with van der Waals surface area (Å²) in [5.74, 6) is 1.29. The molecule has 2 aliphatic carbocycles. The molecule has 0 aromatic carbocycles. The van der Waals surface area contributed by atoms with Crippen LogP contribution in [0.1, 0.15) is 19.3 Å². The lowest BCUT2D eigenvalue weighted by Gasteiger charge is -2.25. The van der Waals surface area contributed by atoms with E-state index in [-0.39, 0.29) is 17.9 Å². The van der Waals surface area contributed by atoms with Gasteiger partial charge in [-0.05, 0) is 31.1 Å². The number of fused-ring (bicyclic) bond motifs is 1. The van der Waals surface area contributed by atoms with Crippen LogP contribution in [0.4, 0.5) is 0 Å². The molecular formula is C9H15NO2. The smallest absolute Gasteiger partial charge is 0.310 e. The van der Waals surface area contributed by atoms with Crippen molar-refractivity contribution in [1.82, 2.24) is 0 Å². The molecule has 3 nitrogen and oxygen atoms in total. The number of rotatable bonds is 1. The molecule has 4 atom stereocenters. The van der Waals surface area contributed by atoms with Gasteiger partial charge in [-0.1, -0.05) is 0 Å². The summed E-state index contributed by atoms with van der Waals surface area (Å²) < 4.78 is 4.71. The fourth-order valence-electron chi connectivity index (χ4n) is 2.39. The molecule has 0 aliphatic heterocycles. The molecule has 0 aromatic heterocycles. The van der Waals surface area contributed by atoms with E-state index in [0.29, 0.717) is 5.92 Å². The fraction of sp³-hybridized carbons (Fsp3) is 0.889. The monoisotopic (exact) mass is 169 g/mol. The predicted octanol–water partition coefficient (Wildman–Crippen LogP) is 0.533. The SMILES string of the molecule is COC(=O)[C@H]1CC[C@@H]2C[C@@H]2[C@@H]1N.